The minimum absolute atomic E-state index is 1.15. The normalized spacial score (nSPS) is 14.1. The Kier molecular flexibility index (Phi) is 2.42. The molecular formula is C15H13NO. The molecule has 0 saturated carbocycles. The van der Waals surface area contributed by atoms with Gasteiger partial charge in [-0.05, 0) is 0 Å². The van der Waals surface area contributed by atoms with Crippen molar-refractivity contribution in [1.82, 2.24) is 5.06 Å². The highest BCUT2D eigenvalue weighted by atomic mass is 16.7. The van der Waals surface area contributed by atoms with E-state index in [9.17, 15) is 0 Å². The van der Waals surface area contributed by atoms with Crippen molar-refractivity contribution in [2.75, 3.05) is 7.11 Å². The molecule has 2 aromatic carbocycles. The van der Waals surface area contributed by atoms with E-state index in [1.165, 1.54) is 11.1 Å². The van der Waals surface area contributed by atoms with Gasteiger partial charge < -0.3 is 0 Å². The summed E-state index contributed by atoms with van der Waals surface area (Å²) in [6, 6.07) is 20.6. The highest BCUT2D eigenvalue weighted by Crippen LogP contribution is 2.46. The standard InChI is InChI=1S/C15H13NO/c1-17-16-14(12-8-4-2-5-9-12)15(16)13-10-6-3-7-11-13/h2-11H,1H3. The third-order valence-electron chi connectivity index (χ3n) is 2.86. The molecule has 0 aliphatic carbocycles. The van der Waals surface area contributed by atoms with Gasteiger partial charge in [-0.25, -0.2) is 5.06 Å². The number of hydroxylamine groups is 2. The fraction of sp³-hybridized carbons (Fsp3) is 0.0667. The Morgan fingerprint density at radius 3 is 1.47 bits per heavy atom. The van der Waals surface area contributed by atoms with Gasteiger partial charge in [0.2, 0.25) is 0 Å². The molecule has 0 N–H and O–H groups in total. The molecule has 2 nitrogen and oxygen atoms in total. The Hall–Kier alpha value is -2.06. The van der Waals surface area contributed by atoms with Gasteiger partial charge in [-0.1, -0.05) is 60.7 Å². The first-order valence-corrected chi connectivity index (χ1v) is 5.61. The summed E-state index contributed by atoms with van der Waals surface area (Å²) >= 11 is 0. The Morgan fingerprint density at radius 1 is 0.706 bits per heavy atom. The summed E-state index contributed by atoms with van der Waals surface area (Å²) in [5.41, 5.74) is 4.68. The van der Waals surface area contributed by atoms with Crippen LogP contribution in [0.15, 0.2) is 60.7 Å². The van der Waals surface area contributed by atoms with Crippen LogP contribution in [0.1, 0.15) is 11.1 Å². The minimum atomic E-state index is 1.15. The highest BCUT2D eigenvalue weighted by molar-refractivity contribution is 6.03. The Balaban J connectivity index is 2.01. The van der Waals surface area contributed by atoms with E-state index in [0.29, 0.717) is 0 Å². The molecule has 1 heterocycles. The molecule has 0 saturated heterocycles. The molecule has 0 atom stereocenters. The quantitative estimate of drug-likeness (QED) is 0.790. The largest absolute Gasteiger partial charge is 0.272 e. The zero-order chi connectivity index (χ0) is 11.7. The molecule has 0 spiro atoms. The SMILES string of the molecule is CON1C(c2ccccc2)=C1c1ccccc1. The number of rotatable bonds is 3. The van der Waals surface area contributed by atoms with E-state index in [0.717, 1.165) is 11.4 Å². The molecule has 0 bridgehead atoms. The van der Waals surface area contributed by atoms with Crippen LogP contribution in [0.3, 0.4) is 0 Å². The summed E-state index contributed by atoms with van der Waals surface area (Å²) in [6.45, 7) is 0. The zero-order valence-corrected chi connectivity index (χ0v) is 9.63. The van der Waals surface area contributed by atoms with Crippen molar-refractivity contribution in [1.29, 1.82) is 0 Å². The van der Waals surface area contributed by atoms with Crippen LogP contribution in [0.4, 0.5) is 0 Å². The van der Waals surface area contributed by atoms with Crippen LogP contribution in [0.2, 0.25) is 0 Å². The summed E-state index contributed by atoms with van der Waals surface area (Å²) in [5.74, 6) is 0. The van der Waals surface area contributed by atoms with Crippen molar-refractivity contribution in [3.05, 3.63) is 71.8 Å². The predicted octanol–water partition coefficient (Wildman–Crippen LogP) is 3.39. The summed E-state index contributed by atoms with van der Waals surface area (Å²) in [4.78, 5) is 5.35. The Morgan fingerprint density at radius 2 is 1.12 bits per heavy atom. The van der Waals surface area contributed by atoms with Crippen molar-refractivity contribution in [3.63, 3.8) is 0 Å². The van der Waals surface area contributed by atoms with E-state index in [4.69, 9.17) is 4.84 Å². The van der Waals surface area contributed by atoms with Crippen LogP contribution >= 0.6 is 0 Å². The van der Waals surface area contributed by atoms with E-state index < -0.39 is 0 Å². The van der Waals surface area contributed by atoms with Crippen molar-refractivity contribution in [2.45, 2.75) is 0 Å². The predicted molar refractivity (Wildman–Crippen MR) is 68.5 cm³/mol. The van der Waals surface area contributed by atoms with Crippen LogP contribution in [-0.4, -0.2) is 12.2 Å². The van der Waals surface area contributed by atoms with E-state index in [1.54, 1.807) is 7.11 Å². The zero-order valence-electron chi connectivity index (χ0n) is 9.63. The average Bonchev–Trinajstić information content (AvgIpc) is 3.15. The van der Waals surface area contributed by atoms with Gasteiger partial charge in [0.1, 0.15) is 11.4 Å². The van der Waals surface area contributed by atoms with Gasteiger partial charge in [-0.2, -0.15) is 0 Å². The molecule has 3 rings (SSSR count). The summed E-state index contributed by atoms with van der Waals surface area (Å²) in [5, 5.41) is 1.87. The first kappa shape index (κ1) is 10.1. The maximum atomic E-state index is 5.35. The van der Waals surface area contributed by atoms with Crippen LogP contribution in [0, 0.1) is 0 Å². The lowest BCUT2D eigenvalue weighted by Crippen LogP contribution is -1.97. The maximum Gasteiger partial charge on any atom is 0.104 e. The van der Waals surface area contributed by atoms with E-state index in [2.05, 4.69) is 24.3 Å². The molecule has 84 valence electrons. The lowest BCUT2D eigenvalue weighted by Gasteiger charge is -2.03. The van der Waals surface area contributed by atoms with Gasteiger partial charge in [0.05, 0.1) is 7.11 Å². The van der Waals surface area contributed by atoms with Crippen molar-refractivity contribution in [3.8, 4) is 0 Å². The van der Waals surface area contributed by atoms with E-state index in [-0.39, 0.29) is 0 Å². The first-order valence-electron chi connectivity index (χ1n) is 5.61. The summed E-state index contributed by atoms with van der Waals surface area (Å²) in [7, 11) is 1.69. The molecule has 0 aromatic heterocycles. The monoisotopic (exact) mass is 223 g/mol. The smallest absolute Gasteiger partial charge is 0.104 e. The Bertz CT molecular complexity index is 496. The van der Waals surface area contributed by atoms with E-state index in [1.807, 2.05) is 41.5 Å². The van der Waals surface area contributed by atoms with Gasteiger partial charge in [-0.3, -0.25) is 4.84 Å². The maximum absolute atomic E-state index is 5.35. The first-order chi connectivity index (χ1) is 8.42. The van der Waals surface area contributed by atoms with E-state index >= 15 is 0 Å². The van der Waals surface area contributed by atoms with Crippen molar-refractivity contribution >= 4 is 11.4 Å². The molecule has 0 unspecified atom stereocenters. The second kappa shape index (κ2) is 4.07. The molecule has 1 aliphatic rings. The molecule has 0 amide bonds. The second-order valence-electron chi connectivity index (χ2n) is 3.91. The number of nitrogens with zero attached hydrogens (tertiary/aromatic N) is 1. The fourth-order valence-corrected chi connectivity index (χ4v) is 2.03. The van der Waals surface area contributed by atoms with Crippen LogP contribution in [0.5, 0.6) is 0 Å². The molecular weight excluding hydrogens is 210 g/mol. The highest BCUT2D eigenvalue weighted by Gasteiger charge is 2.36. The molecule has 0 fully saturated rings. The van der Waals surface area contributed by atoms with Gasteiger partial charge >= 0.3 is 0 Å². The number of hydrogen-bond acceptors (Lipinski definition) is 2. The molecule has 2 aromatic rings. The Labute approximate surface area is 101 Å². The minimum Gasteiger partial charge on any atom is -0.272 e. The van der Waals surface area contributed by atoms with Crippen LogP contribution in [-0.2, 0) is 4.84 Å². The number of benzene rings is 2. The van der Waals surface area contributed by atoms with Gasteiger partial charge in [0, 0.05) is 11.1 Å². The molecule has 1 aliphatic heterocycles. The second-order valence-corrected chi connectivity index (χ2v) is 3.91. The van der Waals surface area contributed by atoms with Gasteiger partial charge in [-0.15, -0.1) is 0 Å². The molecule has 0 radical (unpaired) electrons. The summed E-state index contributed by atoms with van der Waals surface area (Å²) < 4.78 is 0. The lowest BCUT2D eigenvalue weighted by molar-refractivity contribution is 0.00866. The lowest BCUT2D eigenvalue weighted by atomic mass is 10.1. The molecule has 17 heavy (non-hydrogen) atoms. The molecule has 2 heteroatoms. The van der Waals surface area contributed by atoms with Crippen LogP contribution < -0.4 is 0 Å². The van der Waals surface area contributed by atoms with Gasteiger partial charge in [0.15, 0.2) is 0 Å². The fourth-order valence-electron chi connectivity index (χ4n) is 2.03. The van der Waals surface area contributed by atoms with Gasteiger partial charge in [0.25, 0.3) is 0 Å². The average molecular weight is 223 g/mol. The third-order valence-corrected chi connectivity index (χ3v) is 2.86. The van der Waals surface area contributed by atoms with Crippen LogP contribution in [0.25, 0.3) is 11.4 Å². The van der Waals surface area contributed by atoms with Crippen molar-refractivity contribution < 1.29 is 4.84 Å². The van der Waals surface area contributed by atoms with Crippen molar-refractivity contribution in [2.24, 2.45) is 0 Å². The third kappa shape index (κ3) is 1.73. The number of hydrogen-bond donors (Lipinski definition) is 0. The summed E-state index contributed by atoms with van der Waals surface area (Å²) in [6.07, 6.45) is 0. The topological polar surface area (TPSA) is 12.2 Å².